The van der Waals surface area contributed by atoms with Crippen LogP contribution in [0.15, 0.2) is 36.8 Å². The number of aromatic nitrogens is 4. The van der Waals surface area contributed by atoms with Crippen LogP contribution < -0.4 is 10.2 Å². The predicted octanol–water partition coefficient (Wildman–Crippen LogP) is 3.68. The number of imidazole rings is 1. The first kappa shape index (κ1) is 18.7. The van der Waals surface area contributed by atoms with Gasteiger partial charge in [0.05, 0.1) is 12.5 Å². The van der Waals surface area contributed by atoms with Crippen LogP contribution in [0, 0.1) is 0 Å². The molecule has 1 saturated heterocycles. The van der Waals surface area contributed by atoms with Crippen LogP contribution in [0.2, 0.25) is 0 Å². The molecule has 0 bridgehead atoms. The zero-order chi connectivity index (χ0) is 19.5. The molecule has 1 N–H and O–H groups in total. The average Bonchev–Trinajstić information content (AvgIpc) is 3.14. The third-order valence-electron chi connectivity index (χ3n) is 5.64. The molecule has 1 aromatic carbocycles. The van der Waals surface area contributed by atoms with Gasteiger partial charge in [-0.1, -0.05) is 13.8 Å². The summed E-state index contributed by atoms with van der Waals surface area (Å²) in [5.74, 6) is 0.604. The number of hydrogen-bond donors (Lipinski definition) is 1. The van der Waals surface area contributed by atoms with Crippen LogP contribution in [0.5, 0.6) is 0 Å². The fourth-order valence-corrected chi connectivity index (χ4v) is 3.79. The van der Waals surface area contributed by atoms with E-state index in [1.54, 1.807) is 6.20 Å². The maximum atomic E-state index is 4.73. The molecule has 7 heteroatoms. The van der Waals surface area contributed by atoms with Crippen molar-refractivity contribution in [2.24, 2.45) is 0 Å². The van der Waals surface area contributed by atoms with Crippen LogP contribution in [0.3, 0.4) is 0 Å². The van der Waals surface area contributed by atoms with Gasteiger partial charge in [0.2, 0.25) is 5.95 Å². The third kappa shape index (κ3) is 3.80. The maximum Gasteiger partial charge on any atom is 0.229 e. The number of fused-ring (bicyclic) bond motifs is 1. The number of rotatable bonds is 6. The van der Waals surface area contributed by atoms with Crippen molar-refractivity contribution in [2.45, 2.75) is 32.7 Å². The smallest absolute Gasteiger partial charge is 0.229 e. The Morgan fingerprint density at radius 1 is 1.00 bits per heavy atom. The second-order valence-corrected chi connectivity index (χ2v) is 7.49. The van der Waals surface area contributed by atoms with Gasteiger partial charge in [-0.2, -0.15) is 4.98 Å². The number of nitrogens with zero attached hydrogens (tertiary/aromatic N) is 6. The summed E-state index contributed by atoms with van der Waals surface area (Å²) in [5.41, 5.74) is 3.98. The highest BCUT2D eigenvalue weighted by Crippen LogP contribution is 2.24. The Labute approximate surface area is 166 Å². The van der Waals surface area contributed by atoms with E-state index in [-0.39, 0.29) is 0 Å². The number of nitrogens with one attached hydrogen (secondary N) is 1. The van der Waals surface area contributed by atoms with Crippen molar-refractivity contribution in [1.29, 1.82) is 0 Å². The van der Waals surface area contributed by atoms with E-state index in [1.807, 2.05) is 6.33 Å². The fraction of sp³-hybridized carbons (Fsp3) is 0.476. The van der Waals surface area contributed by atoms with E-state index in [4.69, 9.17) is 4.98 Å². The van der Waals surface area contributed by atoms with Crippen molar-refractivity contribution in [3.63, 3.8) is 0 Å². The Balaban J connectivity index is 1.50. The van der Waals surface area contributed by atoms with Crippen molar-refractivity contribution >= 4 is 28.5 Å². The second-order valence-electron chi connectivity index (χ2n) is 7.49. The molecule has 3 heterocycles. The van der Waals surface area contributed by atoms with Gasteiger partial charge in [-0.15, -0.1) is 0 Å². The second kappa shape index (κ2) is 8.14. The normalized spacial score (nSPS) is 15.5. The number of hydrogen-bond acceptors (Lipinski definition) is 6. The van der Waals surface area contributed by atoms with E-state index in [9.17, 15) is 0 Å². The first-order chi connectivity index (χ1) is 13.7. The maximum absolute atomic E-state index is 4.73. The Morgan fingerprint density at radius 3 is 2.39 bits per heavy atom. The molecular formula is C21H29N7. The first-order valence-electron chi connectivity index (χ1n) is 10.2. The molecule has 0 aliphatic carbocycles. The van der Waals surface area contributed by atoms with E-state index in [0.717, 1.165) is 55.9 Å². The topological polar surface area (TPSA) is 62.1 Å². The predicted molar refractivity (Wildman–Crippen MR) is 114 cm³/mol. The number of benzene rings is 1. The van der Waals surface area contributed by atoms with E-state index < -0.39 is 0 Å². The number of piperazine rings is 1. The molecule has 1 aliphatic rings. The minimum atomic E-state index is 0.413. The largest absolute Gasteiger partial charge is 0.369 e. The van der Waals surface area contributed by atoms with Gasteiger partial charge in [0.15, 0.2) is 5.65 Å². The minimum absolute atomic E-state index is 0.413. The Morgan fingerprint density at radius 2 is 1.71 bits per heavy atom. The quantitative estimate of drug-likeness (QED) is 0.705. The lowest BCUT2D eigenvalue weighted by atomic mass is 10.2. The summed E-state index contributed by atoms with van der Waals surface area (Å²) < 4.78 is 2.17. The molecule has 1 fully saturated rings. The zero-order valence-corrected chi connectivity index (χ0v) is 17.0. The van der Waals surface area contributed by atoms with Crippen molar-refractivity contribution in [3.05, 3.63) is 36.8 Å². The minimum Gasteiger partial charge on any atom is -0.369 e. The SMILES string of the molecule is CCC(CC)n1cnc2cnc(Nc3ccc(N4CCN(C)CC4)cc3)nc21. The number of anilines is 3. The van der Waals surface area contributed by atoms with Gasteiger partial charge in [-0.3, -0.25) is 0 Å². The summed E-state index contributed by atoms with van der Waals surface area (Å²) in [6.45, 7) is 8.76. The van der Waals surface area contributed by atoms with Crippen molar-refractivity contribution in [2.75, 3.05) is 43.4 Å². The van der Waals surface area contributed by atoms with Crippen LogP contribution in [0.1, 0.15) is 32.7 Å². The lowest BCUT2D eigenvalue weighted by molar-refractivity contribution is 0.313. The number of likely N-dealkylation sites (N-methyl/N-ethyl adjacent to an activating group) is 1. The molecule has 0 amide bonds. The average molecular weight is 380 g/mol. The Hall–Kier alpha value is -2.67. The zero-order valence-electron chi connectivity index (χ0n) is 17.0. The van der Waals surface area contributed by atoms with Crippen molar-refractivity contribution < 1.29 is 0 Å². The Bertz CT molecular complexity index is 906. The van der Waals surface area contributed by atoms with E-state index >= 15 is 0 Å². The first-order valence-corrected chi connectivity index (χ1v) is 10.2. The summed E-state index contributed by atoms with van der Waals surface area (Å²) in [4.78, 5) is 18.4. The molecule has 28 heavy (non-hydrogen) atoms. The molecule has 148 valence electrons. The van der Waals surface area contributed by atoms with Gasteiger partial charge in [0.25, 0.3) is 0 Å². The molecule has 2 aromatic heterocycles. The molecule has 4 rings (SSSR count). The molecular weight excluding hydrogens is 350 g/mol. The van der Waals surface area contributed by atoms with Gasteiger partial charge in [0, 0.05) is 43.6 Å². The highest BCUT2D eigenvalue weighted by molar-refractivity contribution is 5.72. The molecule has 0 saturated carbocycles. The standard InChI is InChI=1S/C21H29N7/c1-4-17(5-2)28-15-23-19-14-22-21(25-20(19)28)24-16-6-8-18(9-7-16)27-12-10-26(3)11-13-27/h6-9,14-15,17H,4-5,10-13H2,1-3H3,(H,22,24,25). The molecule has 0 unspecified atom stereocenters. The van der Waals surface area contributed by atoms with E-state index in [2.05, 4.69) is 74.8 Å². The molecule has 7 nitrogen and oxygen atoms in total. The van der Waals surface area contributed by atoms with Gasteiger partial charge in [0.1, 0.15) is 5.52 Å². The van der Waals surface area contributed by atoms with Crippen molar-refractivity contribution in [1.82, 2.24) is 24.4 Å². The summed E-state index contributed by atoms with van der Waals surface area (Å²) in [6.07, 6.45) is 5.79. The van der Waals surface area contributed by atoms with Crippen LogP contribution in [0.25, 0.3) is 11.2 Å². The summed E-state index contributed by atoms with van der Waals surface area (Å²) in [5, 5.41) is 3.34. The van der Waals surface area contributed by atoms with Crippen LogP contribution in [-0.2, 0) is 0 Å². The fourth-order valence-electron chi connectivity index (χ4n) is 3.79. The van der Waals surface area contributed by atoms with Gasteiger partial charge in [-0.05, 0) is 44.2 Å². The monoisotopic (exact) mass is 379 g/mol. The van der Waals surface area contributed by atoms with Gasteiger partial charge < -0.3 is 19.7 Å². The molecule has 1 aliphatic heterocycles. The molecule has 0 spiro atoms. The lowest BCUT2D eigenvalue weighted by Gasteiger charge is -2.34. The van der Waals surface area contributed by atoms with Crippen LogP contribution in [-0.4, -0.2) is 57.6 Å². The van der Waals surface area contributed by atoms with Crippen LogP contribution in [0.4, 0.5) is 17.3 Å². The van der Waals surface area contributed by atoms with Gasteiger partial charge >= 0.3 is 0 Å². The summed E-state index contributed by atoms with van der Waals surface area (Å²) in [6, 6.07) is 8.94. The van der Waals surface area contributed by atoms with E-state index in [0.29, 0.717) is 12.0 Å². The highest BCUT2D eigenvalue weighted by atomic mass is 15.2. The third-order valence-corrected chi connectivity index (χ3v) is 5.64. The van der Waals surface area contributed by atoms with E-state index in [1.165, 1.54) is 5.69 Å². The summed E-state index contributed by atoms with van der Waals surface area (Å²) >= 11 is 0. The van der Waals surface area contributed by atoms with Crippen LogP contribution >= 0.6 is 0 Å². The molecule has 0 atom stereocenters. The highest BCUT2D eigenvalue weighted by Gasteiger charge is 2.15. The summed E-state index contributed by atoms with van der Waals surface area (Å²) in [7, 11) is 2.18. The molecule has 0 radical (unpaired) electrons. The molecule has 3 aromatic rings. The van der Waals surface area contributed by atoms with Gasteiger partial charge in [-0.25, -0.2) is 9.97 Å². The Kier molecular flexibility index (Phi) is 5.43. The van der Waals surface area contributed by atoms with Crippen molar-refractivity contribution in [3.8, 4) is 0 Å². The lowest BCUT2D eigenvalue weighted by Crippen LogP contribution is -2.44.